The first-order valence-electron chi connectivity index (χ1n) is 11.0. The van der Waals surface area contributed by atoms with Gasteiger partial charge in [-0.1, -0.05) is 56.3 Å². The van der Waals surface area contributed by atoms with Crippen molar-refractivity contribution >= 4 is 17.1 Å². The average Bonchev–Trinajstić information content (AvgIpc) is 3.22. The average molecular weight is 464 g/mol. The zero-order chi connectivity index (χ0) is 24.2. The molecule has 2 heterocycles. The Bertz CT molecular complexity index is 1420. The molecule has 0 spiro atoms. The molecule has 0 aliphatic rings. The maximum atomic E-state index is 13.3. The summed E-state index contributed by atoms with van der Waals surface area (Å²) >= 11 is 0. The van der Waals surface area contributed by atoms with Gasteiger partial charge in [0, 0.05) is 6.54 Å². The van der Waals surface area contributed by atoms with Crippen molar-refractivity contribution in [1.82, 2.24) is 18.7 Å². The van der Waals surface area contributed by atoms with Crippen LogP contribution < -0.4 is 11.2 Å². The van der Waals surface area contributed by atoms with Crippen LogP contribution in [-0.2, 0) is 35.8 Å². The number of rotatable bonds is 8. The van der Waals surface area contributed by atoms with E-state index in [4.69, 9.17) is 4.74 Å². The number of fused-ring (bicyclic) bond motifs is 1. The molecule has 2 aromatic carbocycles. The third kappa shape index (κ3) is 4.98. The van der Waals surface area contributed by atoms with Crippen molar-refractivity contribution in [2.24, 2.45) is 5.92 Å². The zero-order valence-electron chi connectivity index (χ0n) is 19.0. The third-order valence-corrected chi connectivity index (χ3v) is 5.33. The second-order valence-corrected chi connectivity index (χ2v) is 8.50. The predicted molar refractivity (Wildman–Crippen MR) is 125 cm³/mol. The van der Waals surface area contributed by atoms with E-state index in [0.717, 1.165) is 10.1 Å². The molecule has 0 amide bonds. The zero-order valence-corrected chi connectivity index (χ0v) is 19.0. The number of carbonyl (C=O) groups excluding carboxylic acids is 1. The summed E-state index contributed by atoms with van der Waals surface area (Å²) in [6.07, 6.45) is 1.55. The number of hydrogen-bond acceptors (Lipinski definition) is 5. The lowest BCUT2D eigenvalue weighted by Gasteiger charge is -2.13. The van der Waals surface area contributed by atoms with Crippen molar-refractivity contribution < 1.29 is 13.9 Å². The van der Waals surface area contributed by atoms with Crippen LogP contribution >= 0.6 is 0 Å². The second-order valence-electron chi connectivity index (χ2n) is 8.50. The van der Waals surface area contributed by atoms with Crippen molar-refractivity contribution in [3.8, 4) is 0 Å². The van der Waals surface area contributed by atoms with Gasteiger partial charge in [-0.15, -0.1) is 0 Å². The highest BCUT2D eigenvalue weighted by Gasteiger charge is 2.20. The Morgan fingerprint density at radius 3 is 2.38 bits per heavy atom. The molecule has 34 heavy (non-hydrogen) atoms. The van der Waals surface area contributed by atoms with Crippen LogP contribution in [0.3, 0.4) is 0 Å². The Morgan fingerprint density at radius 1 is 1.00 bits per heavy atom. The summed E-state index contributed by atoms with van der Waals surface area (Å²) in [7, 11) is 0. The highest BCUT2D eigenvalue weighted by molar-refractivity contribution is 5.72. The second kappa shape index (κ2) is 9.86. The highest BCUT2D eigenvalue weighted by atomic mass is 19.1. The molecule has 0 N–H and O–H groups in total. The van der Waals surface area contributed by atoms with E-state index in [2.05, 4.69) is 4.98 Å². The number of imidazole rings is 1. The van der Waals surface area contributed by atoms with E-state index in [1.807, 2.05) is 44.2 Å². The molecule has 0 fully saturated rings. The molecule has 4 aromatic rings. The summed E-state index contributed by atoms with van der Waals surface area (Å²) < 4.78 is 22.3. The monoisotopic (exact) mass is 464 g/mol. The molecule has 9 heteroatoms. The van der Waals surface area contributed by atoms with Gasteiger partial charge in [-0.05, 0) is 29.2 Å². The van der Waals surface area contributed by atoms with E-state index in [1.54, 1.807) is 10.9 Å². The van der Waals surface area contributed by atoms with Crippen molar-refractivity contribution in [1.29, 1.82) is 0 Å². The molecular formula is C25H25FN4O4. The largest absolute Gasteiger partial charge is 0.459 e. The molecule has 0 atom stereocenters. The van der Waals surface area contributed by atoms with Gasteiger partial charge in [0.15, 0.2) is 11.2 Å². The van der Waals surface area contributed by atoms with Crippen LogP contribution in [0.15, 0.2) is 70.5 Å². The minimum absolute atomic E-state index is 0.0976. The summed E-state index contributed by atoms with van der Waals surface area (Å²) in [5.41, 5.74) is 0.740. The van der Waals surface area contributed by atoms with Gasteiger partial charge in [0.2, 0.25) is 0 Å². The minimum Gasteiger partial charge on any atom is -0.459 e. The molecule has 4 rings (SSSR count). The van der Waals surface area contributed by atoms with Gasteiger partial charge >= 0.3 is 11.7 Å². The SMILES string of the molecule is CC(C)Cn1cnc2c1c(=O)n(CC(=O)OCc1ccc(F)cc1)c(=O)n2Cc1ccccc1. The Labute approximate surface area is 194 Å². The summed E-state index contributed by atoms with van der Waals surface area (Å²) in [6.45, 7) is 4.11. The lowest BCUT2D eigenvalue weighted by Crippen LogP contribution is -2.42. The maximum Gasteiger partial charge on any atom is 0.333 e. The van der Waals surface area contributed by atoms with E-state index in [0.29, 0.717) is 12.1 Å². The lowest BCUT2D eigenvalue weighted by atomic mass is 10.2. The Balaban J connectivity index is 1.71. The molecular weight excluding hydrogens is 439 g/mol. The molecule has 0 saturated heterocycles. The van der Waals surface area contributed by atoms with Crippen molar-refractivity contribution in [2.45, 2.75) is 40.1 Å². The van der Waals surface area contributed by atoms with E-state index >= 15 is 0 Å². The lowest BCUT2D eigenvalue weighted by molar-refractivity contribution is -0.145. The summed E-state index contributed by atoms with van der Waals surface area (Å²) in [5.74, 6) is -0.906. The molecule has 0 bridgehead atoms. The van der Waals surface area contributed by atoms with Gasteiger partial charge in [-0.2, -0.15) is 0 Å². The molecule has 0 radical (unpaired) electrons. The van der Waals surface area contributed by atoms with Crippen LogP contribution in [0.2, 0.25) is 0 Å². The summed E-state index contributed by atoms with van der Waals surface area (Å²) in [4.78, 5) is 43.5. The smallest absolute Gasteiger partial charge is 0.333 e. The number of halogens is 1. The first-order valence-corrected chi connectivity index (χ1v) is 11.0. The van der Waals surface area contributed by atoms with Crippen LogP contribution in [0.5, 0.6) is 0 Å². The predicted octanol–water partition coefficient (Wildman–Crippen LogP) is 2.95. The highest BCUT2D eigenvalue weighted by Crippen LogP contribution is 2.12. The van der Waals surface area contributed by atoms with E-state index in [9.17, 15) is 18.8 Å². The van der Waals surface area contributed by atoms with E-state index in [-0.39, 0.29) is 30.2 Å². The van der Waals surface area contributed by atoms with Gasteiger partial charge in [0.1, 0.15) is 19.0 Å². The first kappa shape index (κ1) is 23.2. The number of aromatic nitrogens is 4. The van der Waals surface area contributed by atoms with Gasteiger partial charge < -0.3 is 9.30 Å². The van der Waals surface area contributed by atoms with E-state index < -0.39 is 29.6 Å². The Hall–Kier alpha value is -4.01. The molecule has 0 unspecified atom stereocenters. The standard InChI is InChI=1S/C25H25FN4O4/c1-17(2)12-28-16-27-23-22(28)24(32)30(25(33)29(23)13-18-6-4-3-5-7-18)14-21(31)34-15-19-8-10-20(26)11-9-19/h3-11,16-17H,12-15H2,1-2H3. The molecule has 2 aromatic heterocycles. The van der Waals surface area contributed by atoms with Crippen LogP contribution in [0.4, 0.5) is 4.39 Å². The third-order valence-electron chi connectivity index (χ3n) is 5.33. The quantitative estimate of drug-likeness (QED) is 0.374. The normalized spacial score (nSPS) is 11.3. The van der Waals surface area contributed by atoms with Gasteiger partial charge in [-0.3, -0.25) is 14.2 Å². The summed E-state index contributed by atoms with van der Waals surface area (Å²) in [5, 5.41) is 0. The molecule has 176 valence electrons. The molecule has 0 aliphatic carbocycles. The number of esters is 1. The minimum atomic E-state index is -0.746. The number of carbonyl (C=O) groups is 1. The van der Waals surface area contributed by atoms with Crippen molar-refractivity contribution in [3.05, 3.63) is 98.7 Å². The first-order chi connectivity index (χ1) is 16.3. The Morgan fingerprint density at radius 2 is 1.71 bits per heavy atom. The molecule has 0 aliphatic heterocycles. The number of hydrogen-bond donors (Lipinski definition) is 0. The summed E-state index contributed by atoms with van der Waals surface area (Å²) in [6, 6.07) is 14.9. The van der Waals surface area contributed by atoms with Gasteiger partial charge in [-0.25, -0.2) is 18.7 Å². The maximum absolute atomic E-state index is 13.3. The van der Waals surface area contributed by atoms with Crippen LogP contribution in [0, 0.1) is 11.7 Å². The van der Waals surface area contributed by atoms with Crippen molar-refractivity contribution in [2.75, 3.05) is 0 Å². The van der Waals surface area contributed by atoms with E-state index in [1.165, 1.54) is 28.8 Å². The fourth-order valence-electron chi connectivity index (χ4n) is 3.74. The fraction of sp³-hybridized carbons (Fsp3) is 0.280. The topological polar surface area (TPSA) is 88.1 Å². The van der Waals surface area contributed by atoms with Crippen LogP contribution in [0.1, 0.15) is 25.0 Å². The fourth-order valence-corrected chi connectivity index (χ4v) is 3.74. The number of ether oxygens (including phenoxy) is 1. The number of benzene rings is 2. The van der Waals surface area contributed by atoms with Crippen molar-refractivity contribution in [3.63, 3.8) is 0 Å². The molecule has 8 nitrogen and oxygen atoms in total. The van der Waals surface area contributed by atoms with Crippen LogP contribution in [-0.4, -0.2) is 24.7 Å². The molecule has 0 saturated carbocycles. The Kier molecular flexibility index (Phi) is 6.72. The van der Waals surface area contributed by atoms with Gasteiger partial charge in [0.25, 0.3) is 5.56 Å². The number of nitrogens with zero attached hydrogens (tertiary/aromatic N) is 4. The van der Waals surface area contributed by atoms with Gasteiger partial charge in [0.05, 0.1) is 12.9 Å². The van der Waals surface area contributed by atoms with Crippen LogP contribution in [0.25, 0.3) is 11.2 Å².